The van der Waals surface area contributed by atoms with Crippen molar-refractivity contribution in [3.63, 3.8) is 0 Å². The summed E-state index contributed by atoms with van der Waals surface area (Å²) in [5.41, 5.74) is 2.87. The van der Waals surface area contributed by atoms with Gasteiger partial charge in [-0.25, -0.2) is 4.39 Å². The molecule has 2 aliphatic carbocycles. The van der Waals surface area contributed by atoms with E-state index < -0.39 is 0 Å². The molecule has 2 heterocycles. The number of hydrazone groups is 1. The number of aromatic nitrogens is 1. The summed E-state index contributed by atoms with van der Waals surface area (Å²) in [6.07, 6.45) is 6.53. The molecule has 3 amide bonds. The molecule has 176 valence electrons. The van der Waals surface area contributed by atoms with Gasteiger partial charge >= 0.3 is 0 Å². The Morgan fingerprint density at radius 2 is 1.71 bits per heavy atom. The van der Waals surface area contributed by atoms with Crippen molar-refractivity contribution in [1.29, 1.82) is 0 Å². The van der Waals surface area contributed by atoms with Gasteiger partial charge in [0.2, 0.25) is 5.91 Å². The topological polar surface area (TPSA) is 83.8 Å². The lowest BCUT2D eigenvalue weighted by molar-refractivity contribution is -0.140. The number of halogens is 1. The van der Waals surface area contributed by atoms with Crippen LogP contribution < -0.4 is 5.32 Å². The molecule has 6 rings (SSSR count). The van der Waals surface area contributed by atoms with E-state index in [0.717, 1.165) is 33.6 Å². The molecule has 4 atom stereocenters. The molecule has 2 fully saturated rings. The van der Waals surface area contributed by atoms with Crippen LogP contribution in [0, 0.1) is 36.4 Å². The highest BCUT2D eigenvalue weighted by atomic mass is 19.1. The molecular formula is C27H23FN4O3. The minimum atomic E-state index is -0.373. The van der Waals surface area contributed by atoms with Crippen molar-refractivity contribution in [2.45, 2.75) is 19.9 Å². The Balaban J connectivity index is 1.28. The molecule has 1 N–H and O–H groups in total. The molecule has 0 spiro atoms. The third-order valence-corrected chi connectivity index (χ3v) is 7.46. The van der Waals surface area contributed by atoms with Crippen LogP contribution in [0.5, 0.6) is 0 Å². The first kappa shape index (κ1) is 21.5. The molecule has 0 radical (unpaired) electrons. The van der Waals surface area contributed by atoms with E-state index in [0.29, 0.717) is 5.69 Å². The molecule has 4 unspecified atom stereocenters. The van der Waals surface area contributed by atoms with Crippen LogP contribution in [-0.4, -0.2) is 33.5 Å². The Labute approximate surface area is 200 Å². The standard InChI is InChI=1S/C27H23FN4O3/c1-15-21(13-29-32-26(34)24-16-6-7-17(12-16)25(24)27(32)35)20-4-2-3-5-22(20)31(15)14-23(33)30-19-10-8-18(28)9-11-19/h2-11,13,16-17,24-25H,12,14H2,1H3,(H,30,33). The summed E-state index contributed by atoms with van der Waals surface area (Å²) >= 11 is 0. The van der Waals surface area contributed by atoms with Gasteiger partial charge in [-0.2, -0.15) is 10.1 Å². The van der Waals surface area contributed by atoms with Gasteiger partial charge in [0.05, 0.1) is 18.1 Å². The number of nitrogens with one attached hydrogen (secondary N) is 1. The molecule has 1 aliphatic heterocycles. The molecular weight excluding hydrogens is 447 g/mol. The van der Waals surface area contributed by atoms with Crippen molar-refractivity contribution < 1.29 is 18.8 Å². The number of nitrogens with zero attached hydrogens (tertiary/aromatic N) is 3. The number of para-hydroxylation sites is 1. The molecule has 7 nitrogen and oxygen atoms in total. The number of carbonyl (C=O) groups excluding carboxylic acids is 3. The molecule has 3 aromatic rings. The smallest absolute Gasteiger partial charge is 0.254 e. The Morgan fingerprint density at radius 3 is 2.40 bits per heavy atom. The zero-order chi connectivity index (χ0) is 24.3. The Morgan fingerprint density at radius 1 is 1.06 bits per heavy atom. The molecule has 1 aromatic heterocycles. The quantitative estimate of drug-likeness (QED) is 0.349. The van der Waals surface area contributed by atoms with Crippen LogP contribution in [0.4, 0.5) is 10.1 Å². The summed E-state index contributed by atoms with van der Waals surface area (Å²) in [4.78, 5) is 38.7. The number of imide groups is 1. The minimum absolute atomic E-state index is 0.0400. The lowest BCUT2D eigenvalue weighted by atomic mass is 9.85. The maximum Gasteiger partial charge on any atom is 0.254 e. The number of fused-ring (bicyclic) bond motifs is 6. The second-order valence-electron chi connectivity index (χ2n) is 9.39. The summed E-state index contributed by atoms with van der Waals surface area (Å²) < 4.78 is 15.0. The van der Waals surface area contributed by atoms with E-state index in [1.807, 2.05) is 35.8 Å². The third kappa shape index (κ3) is 3.39. The fraction of sp³-hybridized carbons (Fsp3) is 0.259. The van der Waals surface area contributed by atoms with Crippen molar-refractivity contribution in [2.24, 2.45) is 28.8 Å². The van der Waals surface area contributed by atoms with Gasteiger partial charge in [0.25, 0.3) is 11.8 Å². The molecule has 1 saturated heterocycles. The lowest BCUT2D eigenvalue weighted by Gasteiger charge is -2.13. The highest BCUT2D eigenvalue weighted by Gasteiger charge is 2.59. The molecule has 2 bridgehead atoms. The monoisotopic (exact) mass is 470 g/mol. The molecule has 2 aromatic carbocycles. The van der Waals surface area contributed by atoms with E-state index in [1.165, 1.54) is 24.3 Å². The van der Waals surface area contributed by atoms with Crippen LogP contribution in [-0.2, 0) is 20.9 Å². The number of carbonyl (C=O) groups is 3. The van der Waals surface area contributed by atoms with E-state index >= 15 is 0 Å². The van der Waals surface area contributed by atoms with Crippen LogP contribution in [0.1, 0.15) is 17.7 Å². The van der Waals surface area contributed by atoms with Crippen LogP contribution >= 0.6 is 0 Å². The van der Waals surface area contributed by atoms with Crippen molar-refractivity contribution in [2.75, 3.05) is 5.32 Å². The summed E-state index contributed by atoms with van der Waals surface area (Å²) in [6, 6.07) is 13.2. The van der Waals surface area contributed by atoms with E-state index in [4.69, 9.17) is 0 Å². The summed E-state index contributed by atoms with van der Waals surface area (Å²) in [6.45, 7) is 1.91. The number of hydrogen-bond donors (Lipinski definition) is 1. The first-order chi connectivity index (χ1) is 16.9. The number of anilines is 1. The Hall–Kier alpha value is -4.07. The minimum Gasteiger partial charge on any atom is -0.335 e. The van der Waals surface area contributed by atoms with E-state index in [9.17, 15) is 18.8 Å². The zero-order valence-electron chi connectivity index (χ0n) is 19.0. The van der Waals surface area contributed by atoms with Crippen molar-refractivity contribution >= 4 is 40.5 Å². The number of hydrogen-bond acceptors (Lipinski definition) is 4. The summed E-state index contributed by atoms with van der Waals surface area (Å²) in [5, 5.41) is 9.03. The highest BCUT2D eigenvalue weighted by Crippen LogP contribution is 2.52. The van der Waals surface area contributed by atoms with Crippen molar-refractivity contribution in [1.82, 2.24) is 9.58 Å². The SMILES string of the molecule is Cc1c(C=NN2C(=O)C3C4C=CC(C4)C3C2=O)c2ccccc2n1CC(=O)Nc1ccc(F)cc1. The van der Waals surface area contributed by atoms with Gasteiger partial charge in [-0.3, -0.25) is 14.4 Å². The van der Waals surface area contributed by atoms with Crippen molar-refractivity contribution in [3.05, 3.63) is 77.8 Å². The zero-order valence-corrected chi connectivity index (χ0v) is 19.0. The lowest BCUT2D eigenvalue weighted by Crippen LogP contribution is -2.28. The van der Waals surface area contributed by atoms with Gasteiger partial charge in [0.15, 0.2) is 0 Å². The second-order valence-corrected chi connectivity index (χ2v) is 9.39. The molecule has 3 aliphatic rings. The first-order valence-corrected chi connectivity index (χ1v) is 11.7. The first-order valence-electron chi connectivity index (χ1n) is 11.7. The number of allylic oxidation sites excluding steroid dienone is 2. The van der Waals surface area contributed by atoms with Gasteiger partial charge < -0.3 is 9.88 Å². The van der Waals surface area contributed by atoms with Gasteiger partial charge in [-0.05, 0) is 55.5 Å². The third-order valence-electron chi connectivity index (χ3n) is 7.46. The summed E-state index contributed by atoms with van der Waals surface area (Å²) in [7, 11) is 0. The predicted molar refractivity (Wildman–Crippen MR) is 129 cm³/mol. The van der Waals surface area contributed by atoms with Gasteiger partial charge in [-0.1, -0.05) is 30.4 Å². The van der Waals surface area contributed by atoms with Crippen LogP contribution in [0.15, 0.2) is 65.8 Å². The van der Waals surface area contributed by atoms with Crippen molar-refractivity contribution in [3.8, 4) is 0 Å². The number of rotatable bonds is 5. The number of benzene rings is 2. The maximum absolute atomic E-state index is 13.2. The van der Waals surface area contributed by atoms with Gasteiger partial charge in [-0.15, -0.1) is 0 Å². The molecule has 1 saturated carbocycles. The Kier molecular flexibility index (Phi) is 4.91. The van der Waals surface area contributed by atoms with E-state index in [1.54, 1.807) is 6.21 Å². The molecule has 8 heteroatoms. The largest absolute Gasteiger partial charge is 0.335 e. The van der Waals surface area contributed by atoms with E-state index in [2.05, 4.69) is 22.6 Å². The van der Waals surface area contributed by atoms with Gasteiger partial charge in [0, 0.05) is 27.8 Å². The average molecular weight is 471 g/mol. The normalized spacial score (nSPS) is 24.8. The second kappa shape index (κ2) is 8.01. The Bertz CT molecular complexity index is 1410. The van der Waals surface area contributed by atoms with E-state index in [-0.39, 0.29) is 53.8 Å². The number of amides is 3. The molecule has 35 heavy (non-hydrogen) atoms. The maximum atomic E-state index is 13.2. The van der Waals surface area contributed by atoms with Crippen LogP contribution in [0.25, 0.3) is 10.9 Å². The summed E-state index contributed by atoms with van der Waals surface area (Å²) in [5.74, 6) is -1.43. The fourth-order valence-corrected chi connectivity index (χ4v) is 5.82. The highest BCUT2D eigenvalue weighted by molar-refractivity contribution is 6.08. The van der Waals surface area contributed by atoms with Crippen LogP contribution in [0.2, 0.25) is 0 Å². The fourth-order valence-electron chi connectivity index (χ4n) is 5.82. The van der Waals surface area contributed by atoms with Crippen LogP contribution in [0.3, 0.4) is 0 Å². The van der Waals surface area contributed by atoms with Gasteiger partial charge in [0.1, 0.15) is 12.4 Å². The predicted octanol–water partition coefficient (Wildman–Crippen LogP) is 3.87. The average Bonchev–Trinajstić information content (AvgIpc) is 3.59.